The average molecular weight is 529 g/mol. The van der Waals surface area contributed by atoms with Crippen molar-refractivity contribution < 1.29 is 4.74 Å². The van der Waals surface area contributed by atoms with Crippen molar-refractivity contribution in [2.24, 2.45) is 0 Å². The third kappa shape index (κ3) is 4.77. The number of aromatic nitrogens is 4. The molecule has 6 aromatic rings. The molecule has 202 valence electrons. The van der Waals surface area contributed by atoms with Crippen LogP contribution < -0.4 is 4.74 Å². The molecule has 0 bridgehead atoms. The van der Waals surface area contributed by atoms with Crippen molar-refractivity contribution in [3.05, 3.63) is 108 Å². The monoisotopic (exact) mass is 528 g/mol. The van der Waals surface area contributed by atoms with Gasteiger partial charge < -0.3 is 4.74 Å². The summed E-state index contributed by atoms with van der Waals surface area (Å²) in [6, 6.07) is 29.7. The predicted octanol–water partition coefficient (Wildman–Crippen LogP) is 9.36. The standard InChI is InChI=1S/C35H36N4O/c1-6-24(3)25-8-12-29(13-9-25)38-33-18-16-31(20-26(33)22-36-38)40-32-17-19-34-27(21-32)23-37-39(34)30-14-10-28(11-15-30)35(4,5)7-2/h8-24H,6-7H2,1-5H3. The van der Waals surface area contributed by atoms with E-state index in [0.29, 0.717) is 5.92 Å². The van der Waals surface area contributed by atoms with Crippen molar-refractivity contribution in [3.63, 3.8) is 0 Å². The second kappa shape index (κ2) is 10.3. The third-order valence-electron chi connectivity index (χ3n) is 8.41. The van der Waals surface area contributed by atoms with Crippen LogP contribution in [0.2, 0.25) is 0 Å². The Labute approximate surface area is 236 Å². The Morgan fingerprint density at radius 3 is 1.68 bits per heavy atom. The lowest BCUT2D eigenvalue weighted by atomic mass is 9.82. The molecule has 0 radical (unpaired) electrons. The molecule has 0 aliphatic rings. The molecule has 5 nitrogen and oxygen atoms in total. The van der Waals surface area contributed by atoms with Crippen LogP contribution in [0.15, 0.2) is 97.3 Å². The zero-order valence-corrected chi connectivity index (χ0v) is 23.9. The van der Waals surface area contributed by atoms with E-state index in [9.17, 15) is 0 Å². The maximum atomic E-state index is 6.27. The summed E-state index contributed by atoms with van der Waals surface area (Å²) in [5, 5.41) is 11.4. The van der Waals surface area contributed by atoms with Crippen molar-refractivity contribution in [2.45, 2.75) is 58.8 Å². The van der Waals surface area contributed by atoms with Crippen molar-refractivity contribution in [2.75, 3.05) is 0 Å². The third-order valence-corrected chi connectivity index (χ3v) is 8.41. The number of fused-ring (bicyclic) bond motifs is 2. The van der Waals surface area contributed by atoms with Crippen LogP contribution in [0, 0.1) is 0 Å². The van der Waals surface area contributed by atoms with Gasteiger partial charge in [-0.3, -0.25) is 0 Å². The number of hydrogen-bond acceptors (Lipinski definition) is 3. The summed E-state index contributed by atoms with van der Waals surface area (Å²) in [5.74, 6) is 2.11. The lowest BCUT2D eigenvalue weighted by molar-refractivity contribution is 0.484. The fourth-order valence-corrected chi connectivity index (χ4v) is 5.13. The van der Waals surface area contributed by atoms with Gasteiger partial charge in [0.2, 0.25) is 0 Å². The number of benzene rings is 4. The molecular formula is C35H36N4O. The lowest BCUT2D eigenvalue weighted by Gasteiger charge is -2.23. The van der Waals surface area contributed by atoms with E-state index in [1.807, 2.05) is 46.0 Å². The van der Waals surface area contributed by atoms with Crippen molar-refractivity contribution in [1.29, 1.82) is 0 Å². The summed E-state index contributed by atoms with van der Waals surface area (Å²) < 4.78 is 10.2. The lowest BCUT2D eigenvalue weighted by Crippen LogP contribution is -2.15. The fourth-order valence-electron chi connectivity index (χ4n) is 5.13. The van der Waals surface area contributed by atoms with Gasteiger partial charge in [0.1, 0.15) is 11.5 Å². The van der Waals surface area contributed by atoms with Gasteiger partial charge in [0.05, 0.1) is 34.8 Å². The molecule has 0 fully saturated rings. The molecule has 1 atom stereocenters. The SMILES string of the molecule is CCC(C)c1ccc(-n2ncc3cc(Oc4ccc5c(cnn5-c5ccc(C(C)(C)CC)cc5)c4)ccc32)cc1. The van der Waals surface area contributed by atoms with E-state index in [0.717, 1.165) is 57.5 Å². The molecule has 4 aromatic carbocycles. The van der Waals surface area contributed by atoms with Gasteiger partial charge in [-0.2, -0.15) is 10.2 Å². The molecule has 5 heteroatoms. The Morgan fingerprint density at radius 1 is 0.700 bits per heavy atom. The van der Waals surface area contributed by atoms with Crippen LogP contribution >= 0.6 is 0 Å². The Bertz CT molecular complexity index is 1770. The first-order valence-corrected chi connectivity index (χ1v) is 14.2. The van der Waals surface area contributed by atoms with Gasteiger partial charge in [0.25, 0.3) is 0 Å². The molecule has 40 heavy (non-hydrogen) atoms. The summed E-state index contributed by atoms with van der Waals surface area (Å²) in [7, 11) is 0. The molecule has 0 saturated heterocycles. The highest BCUT2D eigenvalue weighted by Crippen LogP contribution is 2.31. The molecule has 2 heterocycles. The largest absolute Gasteiger partial charge is 0.457 e. The Hall–Kier alpha value is -4.38. The number of nitrogens with zero attached hydrogens (tertiary/aromatic N) is 4. The minimum absolute atomic E-state index is 0.164. The van der Waals surface area contributed by atoms with Gasteiger partial charge in [-0.05, 0) is 96.0 Å². The van der Waals surface area contributed by atoms with E-state index in [1.54, 1.807) is 0 Å². The Kier molecular flexibility index (Phi) is 6.67. The van der Waals surface area contributed by atoms with Gasteiger partial charge in [-0.25, -0.2) is 9.36 Å². The second-order valence-corrected chi connectivity index (χ2v) is 11.3. The quantitative estimate of drug-likeness (QED) is 0.198. The van der Waals surface area contributed by atoms with Crippen molar-refractivity contribution in [3.8, 4) is 22.9 Å². The van der Waals surface area contributed by atoms with Gasteiger partial charge in [-0.15, -0.1) is 0 Å². The minimum atomic E-state index is 0.164. The summed E-state index contributed by atoms with van der Waals surface area (Å²) in [4.78, 5) is 0. The topological polar surface area (TPSA) is 44.9 Å². The van der Waals surface area contributed by atoms with E-state index < -0.39 is 0 Å². The first-order valence-electron chi connectivity index (χ1n) is 14.2. The van der Waals surface area contributed by atoms with Crippen LogP contribution in [0.25, 0.3) is 33.2 Å². The van der Waals surface area contributed by atoms with E-state index in [1.165, 1.54) is 11.1 Å². The van der Waals surface area contributed by atoms with Crippen LogP contribution in [-0.4, -0.2) is 19.6 Å². The summed E-state index contributed by atoms with van der Waals surface area (Å²) in [5.41, 5.74) is 7.07. The highest BCUT2D eigenvalue weighted by molar-refractivity contribution is 5.83. The van der Waals surface area contributed by atoms with Crippen molar-refractivity contribution in [1.82, 2.24) is 19.6 Å². The Morgan fingerprint density at radius 2 is 1.20 bits per heavy atom. The van der Waals surface area contributed by atoms with Crippen LogP contribution in [0.3, 0.4) is 0 Å². The highest BCUT2D eigenvalue weighted by Gasteiger charge is 2.18. The first-order chi connectivity index (χ1) is 19.4. The average Bonchev–Trinajstić information content (AvgIpc) is 3.61. The van der Waals surface area contributed by atoms with E-state index >= 15 is 0 Å². The van der Waals surface area contributed by atoms with Crippen LogP contribution in [-0.2, 0) is 5.41 Å². The van der Waals surface area contributed by atoms with Gasteiger partial charge in [-0.1, -0.05) is 58.9 Å². The van der Waals surface area contributed by atoms with Gasteiger partial charge in [0, 0.05) is 10.8 Å². The zero-order chi connectivity index (χ0) is 27.9. The maximum absolute atomic E-state index is 6.27. The molecule has 0 aliphatic heterocycles. The molecule has 1 unspecified atom stereocenters. The fraction of sp³-hybridized carbons (Fsp3) is 0.257. The predicted molar refractivity (Wildman–Crippen MR) is 164 cm³/mol. The number of hydrogen-bond donors (Lipinski definition) is 0. The smallest absolute Gasteiger partial charge is 0.128 e. The minimum Gasteiger partial charge on any atom is -0.457 e. The summed E-state index contributed by atoms with van der Waals surface area (Å²) >= 11 is 0. The van der Waals surface area contributed by atoms with E-state index in [4.69, 9.17) is 4.74 Å². The van der Waals surface area contributed by atoms with Crippen LogP contribution in [0.5, 0.6) is 11.5 Å². The molecular weight excluding hydrogens is 492 g/mol. The second-order valence-electron chi connectivity index (χ2n) is 11.3. The summed E-state index contributed by atoms with van der Waals surface area (Å²) in [6.45, 7) is 11.3. The molecule has 0 saturated carbocycles. The van der Waals surface area contributed by atoms with Crippen LogP contribution in [0.4, 0.5) is 0 Å². The van der Waals surface area contributed by atoms with E-state index in [2.05, 4.69) is 105 Å². The molecule has 2 aromatic heterocycles. The molecule has 0 amide bonds. The molecule has 0 aliphatic carbocycles. The highest BCUT2D eigenvalue weighted by atomic mass is 16.5. The number of rotatable bonds is 8. The molecule has 6 rings (SSSR count). The van der Waals surface area contributed by atoms with E-state index in [-0.39, 0.29) is 5.41 Å². The van der Waals surface area contributed by atoms with Crippen LogP contribution in [0.1, 0.15) is 64.5 Å². The van der Waals surface area contributed by atoms with Gasteiger partial charge >= 0.3 is 0 Å². The molecule has 0 N–H and O–H groups in total. The number of ether oxygens (including phenoxy) is 1. The first kappa shape index (κ1) is 25.9. The Balaban J connectivity index is 1.22. The maximum Gasteiger partial charge on any atom is 0.128 e. The molecule has 0 spiro atoms. The normalized spacial score (nSPS) is 12.7. The van der Waals surface area contributed by atoms with Gasteiger partial charge in [0.15, 0.2) is 0 Å². The zero-order valence-electron chi connectivity index (χ0n) is 23.9. The van der Waals surface area contributed by atoms with Crippen molar-refractivity contribution >= 4 is 21.8 Å². The summed E-state index contributed by atoms with van der Waals surface area (Å²) in [6.07, 6.45) is 6.02.